The number of amides is 1. The van der Waals surface area contributed by atoms with Crippen LogP contribution in [-0.2, 0) is 11.8 Å². The summed E-state index contributed by atoms with van der Waals surface area (Å²) in [5, 5.41) is 0. The average molecular weight is 306 g/mol. The highest BCUT2D eigenvalue weighted by Crippen LogP contribution is 2.40. The summed E-state index contributed by atoms with van der Waals surface area (Å²) in [5.74, 6) is 0.906. The molecule has 0 bridgehead atoms. The van der Waals surface area contributed by atoms with Crippen molar-refractivity contribution in [1.29, 1.82) is 0 Å². The monoisotopic (exact) mass is 306 g/mol. The molecule has 5 heteroatoms. The molecule has 2 aromatic heterocycles. The van der Waals surface area contributed by atoms with Crippen molar-refractivity contribution in [3.05, 3.63) is 42.1 Å². The van der Waals surface area contributed by atoms with Gasteiger partial charge in [0.15, 0.2) is 5.82 Å². The van der Waals surface area contributed by atoms with Gasteiger partial charge in [-0.15, -0.1) is 0 Å². The summed E-state index contributed by atoms with van der Waals surface area (Å²) in [6.07, 6.45) is 1.77. The van der Waals surface area contributed by atoms with E-state index in [0.717, 1.165) is 33.8 Å². The standard InChI is InChI=1S/C18H18N4O/c1-4-22-15-10-16-14(9-12(15)11(2)18(22)23)20-17(21(16)3)13-7-5-6-8-19-13/h5-11H,4H2,1-3H3. The minimum Gasteiger partial charge on any atom is -0.326 e. The lowest BCUT2D eigenvalue weighted by Gasteiger charge is -2.14. The van der Waals surface area contributed by atoms with Crippen LogP contribution in [0.2, 0.25) is 0 Å². The molecule has 3 aromatic rings. The van der Waals surface area contributed by atoms with Crippen LogP contribution in [0.5, 0.6) is 0 Å². The first-order valence-corrected chi connectivity index (χ1v) is 7.85. The van der Waals surface area contributed by atoms with E-state index in [4.69, 9.17) is 4.98 Å². The smallest absolute Gasteiger partial charge is 0.234 e. The van der Waals surface area contributed by atoms with Gasteiger partial charge in [-0.3, -0.25) is 9.78 Å². The molecule has 1 aliphatic rings. The summed E-state index contributed by atoms with van der Waals surface area (Å²) < 4.78 is 2.04. The molecule has 0 saturated carbocycles. The third-order valence-electron chi connectivity index (χ3n) is 4.63. The van der Waals surface area contributed by atoms with E-state index in [9.17, 15) is 4.79 Å². The van der Waals surface area contributed by atoms with Crippen molar-refractivity contribution in [2.45, 2.75) is 19.8 Å². The van der Waals surface area contributed by atoms with Gasteiger partial charge in [0.05, 0.1) is 17.0 Å². The van der Waals surface area contributed by atoms with E-state index < -0.39 is 0 Å². The average Bonchev–Trinajstić information content (AvgIpc) is 3.02. The lowest BCUT2D eigenvalue weighted by Crippen LogP contribution is -2.27. The van der Waals surface area contributed by atoms with Crippen LogP contribution in [0.15, 0.2) is 36.5 Å². The second kappa shape index (κ2) is 4.91. The Morgan fingerprint density at radius 2 is 2.09 bits per heavy atom. The molecule has 5 nitrogen and oxygen atoms in total. The van der Waals surface area contributed by atoms with Gasteiger partial charge in [-0.25, -0.2) is 4.98 Å². The second-order valence-electron chi connectivity index (χ2n) is 5.91. The first-order chi connectivity index (χ1) is 11.1. The molecule has 1 aliphatic heterocycles. The van der Waals surface area contributed by atoms with Crippen molar-refractivity contribution in [3.63, 3.8) is 0 Å². The summed E-state index contributed by atoms with van der Waals surface area (Å²) in [4.78, 5) is 23.3. The number of likely N-dealkylation sites (N-methyl/N-ethyl adjacent to an activating group) is 1. The van der Waals surface area contributed by atoms with E-state index in [2.05, 4.69) is 17.1 Å². The first-order valence-electron chi connectivity index (χ1n) is 7.85. The van der Waals surface area contributed by atoms with Gasteiger partial charge in [0.2, 0.25) is 5.91 Å². The highest BCUT2D eigenvalue weighted by atomic mass is 16.2. The lowest BCUT2D eigenvalue weighted by atomic mass is 10.0. The van der Waals surface area contributed by atoms with Crippen LogP contribution in [0.3, 0.4) is 0 Å². The number of hydrogen-bond acceptors (Lipinski definition) is 3. The van der Waals surface area contributed by atoms with Crippen molar-refractivity contribution in [1.82, 2.24) is 14.5 Å². The summed E-state index contributed by atoms with van der Waals surface area (Å²) in [5.41, 5.74) is 4.85. The molecule has 0 saturated heterocycles. The molecule has 1 atom stereocenters. The molecule has 1 aromatic carbocycles. The zero-order valence-corrected chi connectivity index (χ0v) is 13.4. The highest BCUT2D eigenvalue weighted by molar-refractivity contribution is 6.07. The quantitative estimate of drug-likeness (QED) is 0.731. The predicted molar refractivity (Wildman–Crippen MR) is 90.4 cm³/mol. The number of nitrogens with zero attached hydrogens (tertiary/aromatic N) is 4. The summed E-state index contributed by atoms with van der Waals surface area (Å²) in [7, 11) is 1.99. The fourth-order valence-electron chi connectivity index (χ4n) is 3.36. The number of imidazole rings is 1. The Hall–Kier alpha value is -2.69. The van der Waals surface area contributed by atoms with Crippen LogP contribution >= 0.6 is 0 Å². The molecule has 0 N–H and O–H groups in total. The second-order valence-corrected chi connectivity index (χ2v) is 5.91. The number of carbonyl (C=O) groups excluding carboxylic acids is 1. The molecular formula is C18H18N4O. The van der Waals surface area contributed by atoms with E-state index in [1.807, 2.05) is 48.6 Å². The predicted octanol–water partition coefficient (Wildman–Crippen LogP) is 3.11. The summed E-state index contributed by atoms with van der Waals surface area (Å²) >= 11 is 0. The number of anilines is 1. The highest BCUT2D eigenvalue weighted by Gasteiger charge is 2.34. The first kappa shape index (κ1) is 13.9. The third-order valence-corrected chi connectivity index (χ3v) is 4.63. The van der Waals surface area contributed by atoms with Crippen molar-refractivity contribution < 1.29 is 4.79 Å². The summed E-state index contributed by atoms with van der Waals surface area (Å²) in [6.45, 7) is 4.66. The Bertz CT molecular complexity index is 914. The van der Waals surface area contributed by atoms with Crippen molar-refractivity contribution >= 4 is 22.6 Å². The van der Waals surface area contributed by atoms with E-state index >= 15 is 0 Å². The molecule has 116 valence electrons. The number of carbonyl (C=O) groups is 1. The molecule has 4 rings (SSSR count). The van der Waals surface area contributed by atoms with Crippen LogP contribution < -0.4 is 4.90 Å². The molecular weight excluding hydrogens is 288 g/mol. The van der Waals surface area contributed by atoms with Crippen molar-refractivity contribution in [2.24, 2.45) is 7.05 Å². The molecule has 1 amide bonds. The number of rotatable bonds is 2. The molecule has 3 heterocycles. The van der Waals surface area contributed by atoms with Crippen LogP contribution in [0.1, 0.15) is 25.3 Å². The SMILES string of the molecule is CCN1C(=O)C(C)c2cc3nc(-c4ccccn4)n(C)c3cc21. The normalized spacial score (nSPS) is 17.1. The van der Waals surface area contributed by atoms with Gasteiger partial charge in [-0.2, -0.15) is 0 Å². The van der Waals surface area contributed by atoms with Gasteiger partial charge < -0.3 is 9.47 Å². The van der Waals surface area contributed by atoms with Crippen LogP contribution in [-0.4, -0.2) is 27.0 Å². The topological polar surface area (TPSA) is 51.0 Å². The number of pyridine rings is 1. The minimum absolute atomic E-state index is 0.102. The molecule has 1 unspecified atom stereocenters. The Labute approximate surface area is 134 Å². The summed E-state index contributed by atoms with van der Waals surface area (Å²) in [6, 6.07) is 9.94. The number of fused-ring (bicyclic) bond motifs is 2. The van der Waals surface area contributed by atoms with E-state index in [1.165, 1.54) is 0 Å². The van der Waals surface area contributed by atoms with E-state index in [1.54, 1.807) is 6.20 Å². The van der Waals surface area contributed by atoms with Crippen LogP contribution in [0, 0.1) is 0 Å². The van der Waals surface area contributed by atoms with E-state index in [0.29, 0.717) is 6.54 Å². The Balaban J connectivity index is 1.95. The Morgan fingerprint density at radius 1 is 1.26 bits per heavy atom. The number of benzene rings is 1. The van der Waals surface area contributed by atoms with Gasteiger partial charge in [0, 0.05) is 25.5 Å². The molecule has 23 heavy (non-hydrogen) atoms. The molecule has 0 spiro atoms. The fourth-order valence-corrected chi connectivity index (χ4v) is 3.36. The van der Waals surface area contributed by atoms with Crippen LogP contribution in [0.25, 0.3) is 22.6 Å². The maximum atomic E-state index is 12.4. The third kappa shape index (κ3) is 1.89. The number of aromatic nitrogens is 3. The Kier molecular flexibility index (Phi) is 2.98. The van der Waals surface area contributed by atoms with Gasteiger partial charge >= 0.3 is 0 Å². The molecule has 0 aliphatic carbocycles. The zero-order chi connectivity index (χ0) is 16.1. The van der Waals surface area contributed by atoms with Crippen molar-refractivity contribution in [2.75, 3.05) is 11.4 Å². The maximum absolute atomic E-state index is 12.4. The van der Waals surface area contributed by atoms with Gasteiger partial charge in [0.1, 0.15) is 5.69 Å². The Morgan fingerprint density at radius 3 is 2.78 bits per heavy atom. The molecule has 0 radical (unpaired) electrons. The number of hydrogen-bond donors (Lipinski definition) is 0. The fraction of sp³-hybridized carbons (Fsp3) is 0.278. The van der Waals surface area contributed by atoms with Crippen LogP contribution in [0.4, 0.5) is 5.69 Å². The maximum Gasteiger partial charge on any atom is 0.234 e. The van der Waals surface area contributed by atoms with E-state index in [-0.39, 0.29) is 11.8 Å². The van der Waals surface area contributed by atoms with Gasteiger partial charge in [0.25, 0.3) is 0 Å². The molecule has 0 fully saturated rings. The van der Waals surface area contributed by atoms with Crippen molar-refractivity contribution in [3.8, 4) is 11.5 Å². The largest absolute Gasteiger partial charge is 0.326 e. The zero-order valence-electron chi connectivity index (χ0n) is 13.4. The van der Waals surface area contributed by atoms with Gasteiger partial charge in [-0.1, -0.05) is 6.07 Å². The lowest BCUT2D eigenvalue weighted by molar-refractivity contribution is -0.118. The van der Waals surface area contributed by atoms with Gasteiger partial charge in [-0.05, 0) is 43.7 Å². The number of aryl methyl sites for hydroxylation is 1. The minimum atomic E-state index is -0.102.